The Morgan fingerprint density at radius 1 is 1.88 bits per heavy atom. The van der Waals surface area contributed by atoms with E-state index in [-0.39, 0.29) is 5.91 Å². The van der Waals surface area contributed by atoms with Crippen molar-refractivity contribution >= 4 is 23.2 Å². The molecule has 0 unspecified atom stereocenters. The maximum absolute atomic E-state index is 10.5. The highest BCUT2D eigenvalue weighted by atomic mass is 32.2. The van der Waals surface area contributed by atoms with E-state index in [4.69, 9.17) is 0 Å². The van der Waals surface area contributed by atoms with Crippen molar-refractivity contribution in [3.8, 4) is 0 Å². The van der Waals surface area contributed by atoms with Crippen molar-refractivity contribution in [2.24, 2.45) is 4.99 Å². The summed E-state index contributed by atoms with van der Waals surface area (Å²) in [4.78, 5) is 14.8. The van der Waals surface area contributed by atoms with Gasteiger partial charge < -0.3 is 0 Å². The number of carbonyl (C=O) groups is 1. The third-order valence-electron chi connectivity index (χ3n) is 0.823. The Labute approximate surface area is 51.7 Å². The number of hydrogen-bond donors (Lipinski definition) is 0. The van der Waals surface area contributed by atoms with Crippen LogP contribution in [0.2, 0.25) is 0 Å². The highest BCUT2D eigenvalue weighted by Crippen LogP contribution is 2.19. The van der Waals surface area contributed by atoms with Gasteiger partial charge in [-0.25, -0.2) is 4.99 Å². The van der Waals surface area contributed by atoms with Gasteiger partial charge >= 0.3 is 0 Å². The van der Waals surface area contributed by atoms with E-state index in [0.717, 1.165) is 4.91 Å². The van der Waals surface area contributed by atoms with Gasteiger partial charge in [0.25, 0.3) is 5.91 Å². The zero-order valence-electron chi connectivity index (χ0n) is 4.42. The molecular weight excluding hydrogens is 122 g/mol. The van der Waals surface area contributed by atoms with Crippen molar-refractivity contribution < 1.29 is 4.79 Å². The van der Waals surface area contributed by atoms with Crippen LogP contribution in [0.1, 0.15) is 6.92 Å². The molecule has 0 fully saturated rings. The molecule has 1 heterocycles. The summed E-state index contributed by atoms with van der Waals surface area (Å²) in [7, 11) is 0. The third kappa shape index (κ3) is 0.816. The molecular formula is C5H5NOS. The second-order valence-electron chi connectivity index (χ2n) is 1.31. The van der Waals surface area contributed by atoms with Crippen molar-refractivity contribution in [3.05, 3.63) is 11.0 Å². The Balaban J connectivity index is 2.79. The molecule has 1 rings (SSSR count). The maximum Gasteiger partial charge on any atom is 0.283 e. The highest BCUT2D eigenvalue weighted by Gasteiger charge is 2.10. The normalized spacial score (nSPS) is 23.1. The molecule has 0 N–H and O–H groups in total. The molecule has 0 atom stereocenters. The maximum atomic E-state index is 10.5. The lowest BCUT2D eigenvalue weighted by Crippen LogP contribution is -1.85. The number of amides is 1. The van der Waals surface area contributed by atoms with E-state index in [9.17, 15) is 4.79 Å². The Kier molecular flexibility index (Phi) is 1.48. The van der Waals surface area contributed by atoms with E-state index in [1.807, 2.05) is 6.92 Å². The number of allylic oxidation sites excluding steroid dienone is 1. The van der Waals surface area contributed by atoms with Crippen LogP contribution in [-0.4, -0.2) is 11.5 Å². The fourth-order valence-electron chi connectivity index (χ4n) is 0.437. The van der Waals surface area contributed by atoms with Crippen LogP contribution < -0.4 is 0 Å². The molecule has 0 radical (unpaired) electrons. The molecule has 42 valence electrons. The lowest BCUT2D eigenvalue weighted by atomic mass is 10.5. The number of nitrogens with zero attached hydrogens (tertiary/aromatic N) is 1. The Bertz CT molecular complexity index is 171. The number of aliphatic imine (C=N–C) groups is 1. The van der Waals surface area contributed by atoms with Crippen molar-refractivity contribution in [1.29, 1.82) is 0 Å². The molecule has 0 saturated heterocycles. The number of hydrogen-bond acceptors (Lipinski definition) is 2. The Morgan fingerprint density at radius 3 is 2.88 bits per heavy atom. The van der Waals surface area contributed by atoms with Gasteiger partial charge in [0, 0.05) is 0 Å². The van der Waals surface area contributed by atoms with Gasteiger partial charge in [-0.3, -0.25) is 4.79 Å². The van der Waals surface area contributed by atoms with Crippen LogP contribution in [0.25, 0.3) is 0 Å². The molecule has 0 spiro atoms. The lowest BCUT2D eigenvalue weighted by Gasteiger charge is -1.82. The minimum Gasteiger partial charge on any atom is -0.266 e. The van der Waals surface area contributed by atoms with E-state index >= 15 is 0 Å². The average molecular weight is 127 g/mol. The molecule has 0 aromatic heterocycles. The molecule has 8 heavy (non-hydrogen) atoms. The molecule has 1 aliphatic heterocycles. The fraction of sp³-hybridized carbons (Fsp3) is 0.200. The summed E-state index contributed by atoms with van der Waals surface area (Å²) in [5.41, 5.74) is 1.55. The standard InChI is InChI=1S/C5H5NOS/c1-2-4-5(7)6-3-8-4/h2-3H,1H3. The van der Waals surface area contributed by atoms with Crippen molar-refractivity contribution in [2.75, 3.05) is 0 Å². The van der Waals surface area contributed by atoms with Gasteiger partial charge in [-0.05, 0) is 6.92 Å². The zero-order chi connectivity index (χ0) is 5.98. The van der Waals surface area contributed by atoms with Crippen LogP contribution in [0.5, 0.6) is 0 Å². The largest absolute Gasteiger partial charge is 0.283 e. The first kappa shape index (κ1) is 5.56. The van der Waals surface area contributed by atoms with E-state index < -0.39 is 0 Å². The SMILES string of the molecule is CC=C1SC=NC1=O. The molecule has 0 aromatic carbocycles. The van der Waals surface area contributed by atoms with E-state index in [1.165, 1.54) is 11.8 Å². The number of thioether (sulfide) groups is 1. The molecule has 2 nitrogen and oxygen atoms in total. The van der Waals surface area contributed by atoms with Gasteiger partial charge in [0.1, 0.15) is 0 Å². The summed E-state index contributed by atoms with van der Waals surface area (Å²) in [5.74, 6) is -0.113. The van der Waals surface area contributed by atoms with Gasteiger partial charge in [-0.2, -0.15) is 0 Å². The molecule has 3 heteroatoms. The summed E-state index contributed by atoms with van der Waals surface area (Å²) in [6, 6.07) is 0. The van der Waals surface area contributed by atoms with Crippen LogP contribution in [-0.2, 0) is 4.79 Å². The van der Waals surface area contributed by atoms with Crippen LogP contribution in [0.4, 0.5) is 0 Å². The first-order valence-electron chi connectivity index (χ1n) is 2.24. The van der Waals surface area contributed by atoms with Gasteiger partial charge in [0.05, 0.1) is 10.5 Å². The minimum absolute atomic E-state index is 0.113. The van der Waals surface area contributed by atoms with Gasteiger partial charge in [-0.1, -0.05) is 17.8 Å². The number of carbonyl (C=O) groups excluding carboxylic acids is 1. The quantitative estimate of drug-likeness (QED) is 0.457. The van der Waals surface area contributed by atoms with Gasteiger partial charge in [-0.15, -0.1) is 0 Å². The highest BCUT2D eigenvalue weighted by molar-refractivity contribution is 8.16. The molecule has 0 aromatic rings. The third-order valence-corrected chi connectivity index (χ3v) is 1.70. The molecule has 0 saturated carbocycles. The predicted molar refractivity (Wildman–Crippen MR) is 34.8 cm³/mol. The smallest absolute Gasteiger partial charge is 0.266 e. The average Bonchev–Trinajstić information content (AvgIpc) is 2.14. The minimum atomic E-state index is -0.113. The second-order valence-corrected chi connectivity index (χ2v) is 2.20. The summed E-state index contributed by atoms with van der Waals surface area (Å²) in [5, 5.41) is 0. The predicted octanol–water partition coefficient (Wildman–Crippen LogP) is 1.19. The summed E-state index contributed by atoms with van der Waals surface area (Å²) < 4.78 is 0. The molecule has 0 bridgehead atoms. The number of rotatable bonds is 0. The second kappa shape index (κ2) is 2.13. The zero-order valence-corrected chi connectivity index (χ0v) is 5.23. The van der Waals surface area contributed by atoms with E-state index in [1.54, 1.807) is 11.6 Å². The van der Waals surface area contributed by atoms with E-state index in [0.29, 0.717) is 0 Å². The Morgan fingerprint density at radius 2 is 2.62 bits per heavy atom. The van der Waals surface area contributed by atoms with Crippen LogP contribution >= 0.6 is 11.8 Å². The van der Waals surface area contributed by atoms with E-state index in [2.05, 4.69) is 4.99 Å². The van der Waals surface area contributed by atoms with Crippen molar-refractivity contribution in [3.63, 3.8) is 0 Å². The van der Waals surface area contributed by atoms with Crippen molar-refractivity contribution in [1.82, 2.24) is 0 Å². The first-order chi connectivity index (χ1) is 3.84. The fourth-order valence-corrected chi connectivity index (χ4v) is 0.988. The van der Waals surface area contributed by atoms with Crippen LogP contribution in [0.3, 0.4) is 0 Å². The summed E-state index contributed by atoms with van der Waals surface area (Å²) >= 11 is 1.37. The lowest BCUT2D eigenvalue weighted by molar-refractivity contribution is -0.113. The van der Waals surface area contributed by atoms with Crippen molar-refractivity contribution in [2.45, 2.75) is 6.92 Å². The molecule has 1 amide bonds. The Hall–Kier alpha value is -0.570. The van der Waals surface area contributed by atoms with Crippen LogP contribution in [0, 0.1) is 0 Å². The monoisotopic (exact) mass is 127 g/mol. The summed E-state index contributed by atoms with van der Waals surface area (Å²) in [6.45, 7) is 1.83. The summed E-state index contributed by atoms with van der Waals surface area (Å²) in [6.07, 6.45) is 1.76. The first-order valence-corrected chi connectivity index (χ1v) is 3.12. The van der Waals surface area contributed by atoms with Gasteiger partial charge in [0.2, 0.25) is 0 Å². The van der Waals surface area contributed by atoms with Gasteiger partial charge in [0.15, 0.2) is 0 Å². The molecule has 0 aliphatic carbocycles. The molecule has 1 aliphatic rings. The topological polar surface area (TPSA) is 29.4 Å². The van der Waals surface area contributed by atoms with Crippen LogP contribution in [0.15, 0.2) is 16.0 Å².